The summed E-state index contributed by atoms with van der Waals surface area (Å²) in [6.07, 6.45) is 8.60. The first-order chi connectivity index (χ1) is 19.6. The number of esters is 1. The molecular weight excluding hydrogens is 546 g/mol. The summed E-state index contributed by atoms with van der Waals surface area (Å²) < 4.78 is 11.9. The fourth-order valence-corrected chi connectivity index (χ4v) is 5.67. The maximum Gasteiger partial charge on any atom is 0.331 e. The van der Waals surface area contributed by atoms with Crippen molar-refractivity contribution >= 4 is 52.4 Å². The highest BCUT2D eigenvalue weighted by Gasteiger charge is 2.26. The molecule has 1 amide bonds. The van der Waals surface area contributed by atoms with Gasteiger partial charge in [0.05, 0.1) is 17.8 Å². The zero-order chi connectivity index (χ0) is 29.1. The Morgan fingerprint density at radius 1 is 1.17 bits per heavy atom. The zero-order valence-corrected chi connectivity index (χ0v) is 24.1. The Labute approximate surface area is 241 Å². The van der Waals surface area contributed by atoms with Crippen LogP contribution < -0.4 is 15.8 Å². The van der Waals surface area contributed by atoms with Crippen LogP contribution in [0.3, 0.4) is 0 Å². The fraction of sp³-hybridized carbons (Fsp3) is 0.448. The Balaban J connectivity index is 1.48. The third-order valence-electron chi connectivity index (χ3n) is 7.09. The summed E-state index contributed by atoms with van der Waals surface area (Å²) >= 11 is 1.39. The Hall–Kier alpha value is -4.06. The Morgan fingerprint density at radius 3 is 2.68 bits per heavy atom. The number of thiazole rings is 1. The van der Waals surface area contributed by atoms with E-state index < -0.39 is 17.1 Å². The van der Waals surface area contributed by atoms with Crippen LogP contribution in [-0.2, 0) is 19.1 Å². The number of nitrogens with one attached hydrogen (secondary N) is 1. The number of carbonyl (C=O) groups excluding carboxylic acids is 3. The summed E-state index contributed by atoms with van der Waals surface area (Å²) in [7, 11) is 0. The summed E-state index contributed by atoms with van der Waals surface area (Å²) in [5, 5.41) is 5.37. The number of piperidine rings is 1. The average molecular weight is 580 g/mol. The van der Waals surface area contributed by atoms with Crippen LogP contribution in [-0.4, -0.2) is 57.5 Å². The van der Waals surface area contributed by atoms with Gasteiger partial charge in [0.25, 0.3) is 17.9 Å². The highest BCUT2D eigenvalue weighted by molar-refractivity contribution is 7.14. The van der Waals surface area contributed by atoms with Gasteiger partial charge in [-0.2, -0.15) is 0 Å². The summed E-state index contributed by atoms with van der Waals surface area (Å²) in [6.45, 7) is 6.60. The van der Waals surface area contributed by atoms with E-state index in [-0.39, 0.29) is 23.2 Å². The van der Waals surface area contributed by atoms with E-state index in [0.717, 1.165) is 18.5 Å². The molecule has 3 aromatic heterocycles. The van der Waals surface area contributed by atoms with Gasteiger partial charge < -0.3 is 14.4 Å². The first-order valence-electron chi connectivity index (χ1n) is 13.7. The number of carbonyl (C=O) groups is 3. The van der Waals surface area contributed by atoms with E-state index in [1.807, 2.05) is 10.3 Å². The van der Waals surface area contributed by atoms with E-state index in [4.69, 9.17) is 14.5 Å². The number of aromatic nitrogens is 3. The molecule has 0 aromatic carbocycles. The molecule has 41 heavy (non-hydrogen) atoms. The number of anilines is 2. The van der Waals surface area contributed by atoms with Gasteiger partial charge in [-0.25, -0.2) is 14.8 Å². The maximum atomic E-state index is 13.7. The number of nitrogens with zero attached hydrogens (tertiary/aromatic N) is 4. The molecule has 0 spiro atoms. The van der Waals surface area contributed by atoms with E-state index in [2.05, 4.69) is 10.3 Å². The molecule has 12 heteroatoms. The van der Waals surface area contributed by atoms with Crippen molar-refractivity contribution in [3.05, 3.63) is 57.0 Å². The molecule has 0 bridgehead atoms. The molecule has 2 aliphatic rings. The molecular formula is C29H33N5O6S. The first-order valence-corrected chi connectivity index (χ1v) is 14.6. The van der Waals surface area contributed by atoms with Crippen LogP contribution in [0.2, 0.25) is 0 Å². The van der Waals surface area contributed by atoms with E-state index in [1.165, 1.54) is 40.5 Å². The second kappa shape index (κ2) is 11.8. The highest BCUT2D eigenvalue weighted by atomic mass is 32.1. The normalized spacial score (nSPS) is 17.8. The number of amides is 1. The number of rotatable bonds is 8. The van der Waals surface area contributed by atoms with Crippen molar-refractivity contribution < 1.29 is 23.9 Å². The lowest BCUT2D eigenvalue weighted by atomic mass is 9.83. The van der Waals surface area contributed by atoms with Crippen LogP contribution in [0.5, 0.6) is 0 Å². The molecule has 216 valence electrons. The largest absolute Gasteiger partial charge is 0.463 e. The third kappa shape index (κ3) is 6.64. The number of fused-ring (bicyclic) bond motifs is 1. The number of hydrogen-bond donors (Lipinski definition) is 1. The summed E-state index contributed by atoms with van der Waals surface area (Å²) in [4.78, 5) is 61.3. The molecule has 2 fully saturated rings. The third-order valence-corrected chi connectivity index (χ3v) is 7.87. The predicted octanol–water partition coefficient (Wildman–Crippen LogP) is 4.17. The average Bonchev–Trinajstić information content (AvgIpc) is 3.33. The molecule has 1 aliphatic carbocycles. The van der Waals surface area contributed by atoms with Crippen molar-refractivity contribution in [2.24, 2.45) is 0 Å². The Kier molecular flexibility index (Phi) is 8.20. The molecule has 1 atom stereocenters. The van der Waals surface area contributed by atoms with Gasteiger partial charge >= 0.3 is 5.97 Å². The molecule has 0 radical (unpaired) electrons. The summed E-state index contributed by atoms with van der Waals surface area (Å²) in [6, 6.07) is 3.09. The summed E-state index contributed by atoms with van der Waals surface area (Å²) in [5.74, 6) is -0.152. The second-order valence-corrected chi connectivity index (χ2v) is 12.1. The molecule has 3 aromatic rings. The predicted molar refractivity (Wildman–Crippen MR) is 155 cm³/mol. The second-order valence-electron chi connectivity index (χ2n) is 11.3. The molecule has 1 saturated heterocycles. The zero-order valence-electron chi connectivity index (χ0n) is 23.3. The maximum absolute atomic E-state index is 13.7. The van der Waals surface area contributed by atoms with Crippen LogP contribution in [0.15, 0.2) is 34.6 Å². The van der Waals surface area contributed by atoms with Gasteiger partial charge in [0, 0.05) is 35.7 Å². The van der Waals surface area contributed by atoms with Crippen molar-refractivity contribution in [1.82, 2.24) is 14.4 Å². The molecule has 1 unspecified atom stereocenters. The van der Waals surface area contributed by atoms with Crippen LogP contribution >= 0.6 is 11.3 Å². The highest BCUT2D eigenvalue weighted by Crippen LogP contribution is 2.37. The standard InChI is InChI=1S/C29H33N5O6S/c1-29(2,3)40-24(36)10-9-21-25(33-12-5-8-20(15-33)39-17-35)31-23-14-19(11-13-34(23)27(21)38)26(37)32-28-30-22(16-41-28)18-6-4-7-18/h9-11,13-14,16-18,20H,4-8,12,15H2,1-3H3,(H,30,32,37). The smallest absolute Gasteiger partial charge is 0.331 e. The van der Waals surface area contributed by atoms with Crippen molar-refractivity contribution in [2.45, 2.75) is 70.5 Å². The van der Waals surface area contributed by atoms with Gasteiger partial charge in [-0.1, -0.05) is 6.42 Å². The number of hydrogen-bond acceptors (Lipinski definition) is 10. The minimum absolute atomic E-state index is 0.184. The molecule has 5 rings (SSSR count). The van der Waals surface area contributed by atoms with Gasteiger partial charge in [0.1, 0.15) is 23.2 Å². The number of ether oxygens (including phenoxy) is 2. The molecule has 4 heterocycles. The number of pyridine rings is 1. The molecule has 1 saturated carbocycles. The minimum Gasteiger partial charge on any atom is -0.463 e. The van der Waals surface area contributed by atoms with Gasteiger partial charge in [-0.15, -0.1) is 11.3 Å². The van der Waals surface area contributed by atoms with E-state index in [0.29, 0.717) is 54.8 Å². The van der Waals surface area contributed by atoms with Gasteiger partial charge in [0.2, 0.25) is 0 Å². The van der Waals surface area contributed by atoms with Gasteiger partial charge in [-0.05, 0) is 64.7 Å². The van der Waals surface area contributed by atoms with Crippen LogP contribution in [0.4, 0.5) is 10.9 Å². The van der Waals surface area contributed by atoms with Crippen molar-refractivity contribution in [3.63, 3.8) is 0 Å². The molecule has 1 aliphatic heterocycles. The van der Waals surface area contributed by atoms with E-state index in [9.17, 15) is 19.2 Å². The Morgan fingerprint density at radius 2 is 1.98 bits per heavy atom. The van der Waals surface area contributed by atoms with Crippen molar-refractivity contribution in [1.29, 1.82) is 0 Å². The van der Waals surface area contributed by atoms with Gasteiger partial charge in [-0.3, -0.25) is 24.1 Å². The van der Waals surface area contributed by atoms with Crippen molar-refractivity contribution in [2.75, 3.05) is 23.3 Å². The lowest BCUT2D eigenvalue weighted by Gasteiger charge is -2.33. The minimum atomic E-state index is -0.693. The Bertz CT molecular complexity index is 1550. The monoisotopic (exact) mass is 579 g/mol. The van der Waals surface area contributed by atoms with Crippen LogP contribution in [0.1, 0.15) is 80.4 Å². The quantitative estimate of drug-likeness (QED) is 0.237. The van der Waals surface area contributed by atoms with Crippen molar-refractivity contribution in [3.8, 4) is 0 Å². The first kappa shape index (κ1) is 28.5. The fourth-order valence-electron chi connectivity index (χ4n) is 4.88. The van der Waals surface area contributed by atoms with Crippen LogP contribution in [0, 0.1) is 0 Å². The lowest BCUT2D eigenvalue weighted by molar-refractivity contribution is -0.148. The van der Waals surface area contributed by atoms with E-state index in [1.54, 1.807) is 32.9 Å². The SMILES string of the molecule is CC(C)(C)OC(=O)C=Cc1c(N2CCCC(OC=O)C2)nc2cc(C(=O)Nc3nc(C4CCC4)cs3)ccn2c1=O. The van der Waals surface area contributed by atoms with E-state index >= 15 is 0 Å². The molecule has 11 nitrogen and oxygen atoms in total. The van der Waals surface area contributed by atoms with Crippen LogP contribution in [0.25, 0.3) is 11.7 Å². The van der Waals surface area contributed by atoms with Gasteiger partial charge in [0.15, 0.2) is 5.13 Å². The summed E-state index contributed by atoms with van der Waals surface area (Å²) in [5.41, 5.74) is 0.671. The topological polar surface area (TPSA) is 132 Å². The lowest BCUT2D eigenvalue weighted by Crippen LogP contribution is -2.41. The molecule has 1 N–H and O–H groups in total.